The molecule has 0 aliphatic carbocycles. The number of aromatic carboxylic acids is 1. The molecule has 2 heterocycles. The smallest absolute Gasteiger partial charge is 0.410 e. The Morgan fingerprint density at radius 3 is 2.43 bits per heavy atom. The van der Waals surface area contributed by atoms with Crippen LogP contribution in [0.25, 0.3) is 0 Å². The summed E-state index contributed by atoms with van der Waals surface area (Å²) >= 11 is 0. The fraction of sp³-hybridized carbons (Fsp3) is 0.625. The lowest BCUT2D eigenvalue weighted by atomic mass is 10.1. The monoisotopic (exact) mass is 421 g/mol. The normalized spacial score (nSPS) is 20.4. The van der Waals surface area contributed by atoms with Crippen molar-refractivity contribution < 1.29 is 37.3 Å². The van der Waals surface area contributed by atoms with E-state index in [1.165, 1.54) is 11.9 Å². The van der Waals surface area contributed by atoms with Crippen LogP contribution in [0.3, 0.4) is 0 Å². The Morgan fingerprint density at radius 2 is 1.96 bits per heavy atom. The van der Waals surface area contributed by atoms with E-state index in [1.54, 1.807) is 20.8 Å². The Kier molecular flexibility index (Phi) is 6.07. The van der Waals surface area contributed by atoms with Crippen LogP contribution in [-0.2, 0) is 21.8 Å². The number of nitrogens with one attached hydrogen (secondary N) is 1. The van der Waals surface area contributed by atoms with Gasteiger partial charge in [0, 0.05) is 44.9 Å². The first-order valence-electron chi connectivity index (χ1n) is 8.46. The van der Waals surface area contributed by atoms with E-state index >= 15 is 0 Å². The van der Waals surface area contributed by atoms with Gasteiger partial charge in [-0.1, -0.05) is 0 Å². The molecule has 10 nitrogen and oxygen atoms in total. The summed E-state index contributed by atoms with van der Waals surface area (Å²) in [6.07, 6.45) is 0.196. The van der Waals surface area contributed by atoms with Gasteiger partial charge in [0.15, 0.2) is 11.5 Å². The Hall–Kier alpha value is -2.18. The molecule has 1 aromatic heterocycles. The van der Waals surface area contributed by atoms with Crippen molar-refractivity contribution in [2.75, 3.05) is 19.7 Å². The molecule has 0 saturated carbocycles. The number of sulfonamides is 1. The minimum atomic E-state index is -4.44. The van der Waals surface area contributed by atoms with Crippen molar-refractivity contribution in [2.24, 2.45) is 13.0 Å². The van der Waals surface area contributed by atoms with Crippen LogP contribution in [-0.4, -0.2) is 71.5 Å². The summed E-state index contributed by atoms with van der Waals surface area (Å²) in [7, 11) is -3.23. The SMILES string of the molecule is Cn1cc(S(=O)(=O)NC2CN(C(=O)OC(C)(C)C)CC2CO)c(F)c1C(=O)O. The molecule has 12 heteroatoms. The van der Waals surface area contributed by atoms with E-state index in [4.69, 9.17) is 9.84 Å². The topological polar surface area (TPSA) is 138 Å². The largest absolute Gasteiger partial charge is 0.476 e. The highest BCUT2D eigenvalue weighted by atomic mass is 32.2. The average Bonchev–Trinajstić information content (AvgIpc) is 3.06. The number of carboxylic acid groups (broad SMARTS) is 1. The fourth-order valence-electron chi connectivity index (χ4n) is 2.93. The molecule has 158 valence electrons. The van der Waals surface area contributed by atoms with Crippen LogP contribution < -0.4 is 4.72 Å². The van der Waals surface area contributed by atoms with E-state index in [1.807, 2.05) is 0 Å². The second kappa shape index (κ2) is 7.68. The zero-order valence-corrected chi connectivity index (χ0v) is 16.8. The molecular weight excluding hydrogens is 397 g/mol. The number of ether oxygens (including phenoxy) is 1. The zero-order chi connectivity index (χ0) is 21.4. The number of nitrogens with zero attached hydrogens (tertiary/aromatic N) is 2. The number of aryl methyl sites for hydroxylation is 1. The number of aliphatic hydroxyl groups is 1. The van der Waals surface area contributed by atoms with Crippen molar-refractivity contribution in [3.63, 3.8) is 0 Å². The lowest BCUT2D eigenvalue weighted by molar-refractivity contribution is 0.0282. The van der Waals surface area contributed by atoms with E-state index in [2.05, 4.69) is 4.72 Å². The molecule has 1 saturated heterocycles. The lowest BCUT2D eigenvalue weighted by Gasteiger charge is -2.24. The first kappa shape index (κ1) is 22.1. The van der Waals surface area contributed by atoms with Crippen LogP contribution in [0.15, 0.2) is 11.1 Å². The van der Waals surface area contributed by atoms with Crippen LogP contribution in [0.1, 0.15) is 31.3 Å². The van der Waals surface area contributed by atoms with Gasteiger partial charge in [0.05, 0.1) is 0 Å². The predicted octanol–water partition coefficient (Wildman–Crippen LogP) is 0.369. The summed E-state index contributed by atoms with van der Waals surface area (Å²) in [5.41, 5.74) is -1.54. The second-order valence-corrected chi connectivity index (χ2v) is 9.31. The molecular formula is C16H24FN3O7S. The molecule has 0 bridgehead atoms. The van der Waals surface area contributed by atoms with Crippen molar-refractivity contribution >= 4 is 22.1 Å². The third kappa shape index (κ3) is 4.62. The molecule has 2 rings (SSSR count). The molecule has 1 aromatic rings. The zero-order valence-electron chi connectivity index (χ0n) is 16.0. The molecule has 1 aliphatic heterocycles. The van der Waals surface area contributed by atoms with Crippen LogP contribution in [0.2, 0.25) is 0 Å². The third-order valence-electron chi connectivity index (χ3n) is 4.21. The van der Waals surface area contributed by atoms with Crippen molar-refractivity contribution in [3.8, 4) is 0 Å². The summed E-state index contributed by atoms with van der Waals surface area (Å²) < 4.78 is 47.9. The van der Waals surface area contributed by atoms with Crippen LogP contribution >= 0.6 is 0 Å². The molecule has 0 spiro atoms. The number of rotatable bonds is 5. The summed E-state index contributed by atoms with van der Waals surface area (Å²) in [5, 5.41) is 18.6. The van der Waals surface area contributed by atoms with Gasteiger partial charge >= 0.3 is 12.1 Å². The number of carboxylic acids is 1. The Morgan fingerprint density at radius 1 is 1.36 bits per heavy atom. The van der Waals surface area contributed by atoms with Crippen LogP contribution in [0.4, 0.5) is 9.18 Å². The minimum absolute atomic E-state index is 0.0518. The van der Waals surface area contributed by atoms with E-state index in [-0.39, 0.29) is 13.1 Å². The highest BCUT2D eigenvalue weighted by molar-refractivity contribution is 7.89. The molecule has 2 atom stereocenters. The molecule has 0 radical (unpaired) electrons. The lowest BCUT2D eigenvalue weighted by Crippen LogP contribution is -2.42. The molecule has 28 heavy (non-hydrogen) atoms. The van der Waals surface area contributed by atoms with Gasteiger partial charge in [-0.25, -0.2) is 27.1 Å². The standard InChI is InChI=1S/C16H24FN3O7S/c1-16(2,3)27-15(24)20-5-9(8-21)10(6-20)18-28(25,26)11-7-19(4)13(12(11)17)14(22)23/h7,9-10,18,21H,5-6,8H2,1-4H3,(H,22,23). The number of aliphatic hydroxyl groups excluding tert-OH is 1. The maximum Gasteiger partial charge on any atom is 0.410 e. The maximum absolute atomic E-state index is 14.3. The van der Waals surface area contributed by atoms with Gasteiger partial charge in [-0.2, -0.15) is 0 Å². The number of carbonyl (C=O) groups excluding carboxylic acids is 1. The number of halogens is 1. The van der Waals surface area contributed by atoms with Gasteiger partial charge in [0.2, 0.25) is 10.0 Å². The predicted molar refractivity (Wildman–Crippen MR) is 94.8 cm³/mol. The number of carbonyl (C=O) groups is 2. The minimum Gasteiger partial charge on any atom is -0.476 e. The highest BCUT2D eigenvalue weighted by Crippen LogP contribution is 2.24. The van der Waals surface area contributed by atoms with Crippen molar-refractivity contribution in [1.82, 2.24) is 14.2 Å². The molecule has 1 amide bonds. The van der Waals surface area contributed by atoms with Gasteiger partial charge < -0.3 is 24.4 Å². The molecule has 2 unspecified atom stereocenters. The quantitative estimate of drug-likeness (QED) is 0.624. The number of hydrogen-bond acceptors (Lipinski definition) is 6. The van der Waals surface area contributed by atoms with E-state index in [0.29, 0.717) is 0 Å². The molecule has 3 N–H and O–H groups in total. The van der Waals surface area contributed by atoms with Gasteiger partial charge in [-0.15, -0.1) is 0 Å². The highest BCUT2D eigenvalue weighted by Gasteiger charge is 2.40. The number of aromatic nitrogens is 1. The molecule has 1 fully saturated rings. The summed E-state index contributed by atoms with van der Waals surface area (Å²) in [5.74, 6) is -3.62. The number of hydrogen-bond donors (Lipinski definition) is 3. The van der Waals surface area contributed by atoms with Gasteiger partial charge in [-0.3, -0.25) is 0 Å². The Bertz CT molecular complexity index is 876. The molecule has 1 aliphatic rings. The maximum atomic E-state index is 14.3. The first-order chi connectivity index (χ1) is 12.8. The second-order valence-electron chi connectivity index (χ2n) is 7.63. The van der Waals surface area contributed by atoms with E-state index in [0.717, 1.165) is 10.8 Å². The molecule has 0 aromatic carbocycles. The van der Waals surface area contributed by atoms with Crippen LogP contribution in [0.5, 0.6) is 0 Å². The summed E-state index contributed by atoms with van der Waals surface area (Å²) in [4.78, 5) is 23.7. The van der Waals surface area contributed by atoms with Crippen LogP contribution in [0, 0.1) is 11.7 Å². The summed E-state index contributed by atoms with van der Waals surface area (Å²) in [6, 6.07) is -0.893. The Balaban J connectivity index is 2.23. The van der Waals surface area contributed by atoms with Crippen molar-refractivity contribution in [1.29, 1.82) is 0 Å². The van der Waals surface area contributed by atoms with E-state index in [9.17, 15) is 27.5 Å². The number of amides is 1. The van der Waals surface area contributed by atoms with Crippen molar-refractivity contribution in [2.45, 2.75) is 37.3 Å². The van der Waals surface area contributed by atoms with E-state index < -0.39 is 62.7 Å². The average molecular weight is 421 g/mol. The third-order valence-corrected chi connectivity index (χ3v) is 5.69. The van der Waals surface area contributed by atoms with Gasteiger partial charge in [-0.05, 0) is 20.8 Å². The van der Waals surface area contributed by atoms with Gasteiger partial charge in [0.1, 0.15) is 10.5 Å². The Labute approximate surface area is 161 Å². The number of likely N-dealkylation sites (tertiary alicyclic amines) is 1. The van der Waals surface area contributed by atoms with Gasteiger partial charge in [0.25, 0.3) is 0 Å². The van der Waals surface area contributed by atoms with Crippen molar-refractivity contribution in [3.05, 3.63) is 17.7 Å². The fourth-order valence-corrected chi connectivity index (χ4v) is 4.35. The first-order valence-corrected chi connectivity index (χ1v) is 9.94. The summed E-state index contributed by atoms with van der Waals surface area (Å²) in [6.45, 7) is 4.61.